The molecule has 1 atom stereocenters. The summed E-state index contributed by atoms with van der Waals surface area (Å²) in [7, 11) is 0. The summed E-state index contributed by atoms with van der Waals surface area (Å²) in [5.41, 5.74) is 2.13. The van der Waals surface area contributed by atoms with E-state index in [-0.39, 0.29) is 13.2 Å². The average Bonchev–Trinajstić information content (AvgIpc) is 2.39. The minimum Gasteiger partial charge on any atom is -0.396 e. The minimum atomic E-state index is 0.0968. The number of hydrogen-bond donors (Lipinski definition) is 2. The first-order chi connectivity index (χ1) is 7.83. The lowest BCUT2D eigenvalue weighted by molar-refractivity contribution is 0.208. The standard InChI is InChI=1S/C13H19NO2/c15-9-11-3-5-13(6-4-11)14-7-1-2-12(8-14)10-16/h3-6,12,15-16H,1-2,7-10H2. The van der Waals surface area contributed by atoms with E-state index in [2.05, 4.69) is 4.90 Å². The third kappa shape index (κ3) is 2.54. The van der Waals surface area contributed by atoms with Crippen molar-refractivity contribution in [3.05, 3.63) is 29.8 Å². The number of nitrogens with zero attached hydrogens (tertiary/aromatic N) is 1. The number of hydrogen-bond acceptors (Lipinski definition) is 3. The average molecular weight is 221 g/mol. The summed E-state index contributed by atoms with van der Waals surface area (Å²) in [5, 5.41) is 18.2. The maximum atomic E-state index is 9.18. The molecule has 1 aromatic carbocycles. The second-order valence-corrected chi connectivity index (χ2v) is 4.46. The van der Waals surface area contributed by atoms with Crippen molar-refractivity contribution in [1.82, 2.24) is 0 Å². The van der Waals surface area contributed by atoms with Crippen molar-refractivity contribution in [2.45, 2.75) is 19.4 Å². The zero-order valence-electron chi connectivity index (χ0n) is 9.47. The van der Waals surface area contributed by atoms with Crippen LogP contribution in [0, 0.1) is 5.92 Å². The first-order valence-electron chi connectivity index (χ1n) is 5.89. The van der Waals surface area contributed by atoms with Crippen LogP contribution in [0.1, 0.15) is 18.4 Å². The van der Waals surface area contributed by atoms with Gasteiger partial charge in [0.2, 0.25) is 0 Å². The summed E-state index contributed by atoms with van der Waals surface area (Å²) >= 11 is 0. The maximum Gasteiger partial charge on any atom is 0.0681 e. The molecule has 88 valence electrons. The molecular weight excluding hydrogens is 202 g/mol. The lowest BCUT2D eigenvalue weighted by Crippen LogP contribution is -2.36. The van der Waals surface area contributed by atoms with Crippen LogP contribution >= 0.6 is 0 Å². The molecule has 0 aromatic heterocycles. The number of benzene rings is 1. The SMILES string of the molecule is OCc1ccc(N2CCCC(CO)C2)cc1. The third-order valence-corrected chi connectivity index (χ3v) is 3.26. The monoisotopic (exact) mass is 221 g/mol. The summed E-state index contributed by atoms with van der Waals surface area (Å²) in [4.78, 5) is 2.31. The fraction of sp³-hybridized carbons (Fsp3) is 0.538. The van der Waals surface area contributed by atoms with Gasteiger partial charge in [0.1, 0.15) is 0 Å². The first kappa shape index (κ1) is 11.4. The Balaban J connectivity index is 2.05. The zero-order valence-corrected chi connectivity index (χ0v) is 9.47. The van der Waals surface area contributed by atoms with Gasteiger partial charge < -0.3 is 15.1 Å². The van der Waals surface area contributed by atoms with Crippen molar-refractivity contribution in [2.24, 2.45) is 5.92 Å². The topological polar surface area (TPSA) is 43.7 Å². The molecule has 1 aliphatic heterocycles. The molecule has 0 aliphatic carbocycles. The van der Waals surface area contributed by atoms with Crippen LogP contribution < -0.4 is 4.90 Å². The van der Waals surface area contributed by atoms with Crippen LogP contribution in [0.2, 0.25) is 0 Å². The zero-order chi connectivity index (χ0) is 11.4. The highest BCUT2D eigenvalue weighted by atomic mass is 16.3. The summed E-state index contributed by atoms with van der Waals surface area (Å²) < 4.78 is 0. The van der Waals surface area contributed by atoms with Crippen molar-refractivity contribution in [2.75, 3.05) is 24.6 Å². The van der Waals surface area contributed by atoms with Crippen molar-refractivity contribution >= 4 is 5.69 Å². The third-order valence-electron chi connectivity index (χ3n) is 3.26. The van der Waals surface area contributed by atoms with Crippen LogP contribution in [-0.2, 0) is 6.61 Å². The molecule has 1 heterocycles. The van der Waals surface area contributed by atoms with E-state index >= 15 is 0 Å². The second kappa shape index (κ2) is 5.32. The number of anilines is 1. The Morgan fingerprint density at radius 3 is 2.56 bits per heavy atom. The Kier molecular flexibility index (Phi) is 3.80. The highest BCUT2D eigenvalue weighted by Crippen LogP contribution is 2.23. The van der Waals surface area contributed by atoms with E-state index in [0.29, 0.717) is 5.92 Å². The highest BCUT2D eigenvalue weighted by molar-refractivity contribution is 5.47. The van der Waals surface area contributed by atoms with Crippen LogP contribution in [-0.4, -0.2) is 29.9 Å². The summed E-state index contributed by atoms with van der Waals surface area (Å²) in [6.45, 7) is 2.38. The molecule has 16 heavy (non-hydrogen) atoms. The molecule has 3 nitrogen and oxygen atoms in total. The molecule has 1 saturated heterocycles. The lowest BCUT2D eigenvalue weighted by atomic mass is 9.98. The van der Waals surface area contributed by atoms with Gasteiger partial charge in [-0.05, 0) is 36.5 Å². The van der Waals surface area contributed by atoms with E-state index in [9.17, 15) is 5.11 Å². The molecular formula is C13H19NO2. The highest BCUT2D eigenvalue weighted by Gasteiger charge is 2.19. The molecule has 0 spiro atoms. The van der Waals surface area contributed by atoms with E-state index < -0.39 is 0 Å². The second-order valence-electron chi connectivity index (χ2n) is 4.46. The Bertz CT molecular complexity index is 323. The van der Waals surface area contributed by atoms with Gasteiger partial charge in [0.25, 0.3) is 0 Å². The first-order valence-corrected chi connectivity index (χ1v) is 5.89. The molecule has 3 heteroatoms. The fourth-order valence-corrected chi connectivity index (χ4v) is 2.26. The fourth-order valence-electron chi connectivity index (χ4n) is 2.26. The number of rotatable bonds is 3. The van der Waals surface area contributed by atoms with E-state index in [0.717, 1.165) is 31.5 Å². The van der Waals surface area contributed by atoms with Crippen LogP contribution in [0.5, 0.6) is 0 Å². The minimum absolute atomic E-state index is 0.0968. The van der Waals surface area contributed by atoms with E-state index in [1.54, 1.807) is 0 Å². The molecule has 2 rings (SSSR count). The molecule has 2 N–H and O–H groups in total. The Morgan fingerprint density at radius 2 is 1.94 bits per heavy atom. The van der Waals surface area contributed by atoms with Gasteiger partial charge in [-0.15, -0.1) is 0 Å². The smallest absolute Gasteiger partial charge is 0.0681 e. The summed E-state index contributed by atoms with van der Waals surface area (Å²) in [6, 6.07) is 8.01. The molecule has 0 saturated carbocycles. The van der Waals surface area contributed by atoms with E-state index in [1.165, 1.54) is 5.69 Å². The Hall–Kier alpha value is -1.06. The lowest BCUT2D eigenvalue weighted by Gasteiger charge is -2.33. The number of aliphatic hydroxyl groups excluding tert-OH is 2. The van der Waals surface area contributed by atoms with Crippen LogP contribution in [0.3, 0.4) is 0 Å². The van der Waals surface area contributed by atoms with Crippen molar-refractivity contribution in [3.8, 4) is 0 Å². The molecule has 1 aliphatic rings. The van der Waals surface area contributed by atoms with E-state index in [1.807, 2.05) is 24.3 Å². The predicted molar refractivity (Wildman–Crippen MR) is 64.4 cm³/mol. The van der Waals surface area contributed by atoms with Gasteiger partial charge in [-0.25, -0.2) is 0 Å². The molecule has 1 unspecified atom stereocenters. The molecule has 1 fully saturated rings. The van der Waals surface area contributed by atoms with Crippen LogP contribution in [0.25, 0.3) is 0 Å². The van der Waals surface area contributed by atoms with Gasteiger partial charge >= 0.3 is 0 Å². The van der Waals surface area contributed by atoms with Gasteiger partial charge in [-0.1, -0.05) is 12.1 Å². The molecule has 0 radical (unpaired) electrons. The normalized spacial score (nSPS) is 21.1. The summed E-state index contributed by atoms with van der Waals surface area (Å²) in [6.07, 6.45) is 2.27. The van der Waals surface area contributed by atoms with Crippen molar-refractivity contribution < 1.29 is 10.2 Å². The molecule has 1 aromatic rings. The number of piperidine rings is 1. The van der Waals surface area contributed by atoms with Gasteiger partial charge in [0.05, 0.1) is 6.61 Å². The predicted octanol–water partition coefficient (Wildman–Crippen LogP) is 1.39. The van der Waals surface area contributed by atoms with Crippen molar-refractivity contribution in [1.29, 1.82) is 0 Å². The largest absolute Gasteiger partial charge is 0.396 e. The van der Waals surface area contributed by atoms with Crippen LogP contribution in [0.4, 0.5) is 5.69 Å². The Labute approximate surface area is 96.3 Å². The number of aliphatic hydroxyl groups is 2. The van der Waals surface area contributed by atoms with Crippen molar-refractivity contribution in [3.63, 3.8) is 0 Å². The van der Waals surface area contributed by atoms with Gasteiger partial charge in [-0.3, -0.25) is 0 Å². The van der Waals surface area contributed by atoms with Gasteiger partial charge in [-0.2, -0.15) is 0 Å². The maximum absolute atomic E-state index is 9.18. The van der Waals surface area contributed by atoms with Crippen LogP contribution in [0.15, 0.2) is 24.3 Å². The molecule has 0 bridgehead atoms. The van der Waals surface area contributed by atoms with E-state index in [4.69, 9.17) is 5.11 Å². The van der Waals surface area contributed by atoms with Gasteiger partial charge in [0, 0.05) is 25.4 Å². The summed E-state index contributed by atoms with van der Waals surface area (Å²) in [5.74, 6) is 0.409. The molecule has 0 amide bonds. The quantitative estimate of drug-likeness (QED) is 0.810. The van der Waals surface area contributed by atoms with Gasteiger partial charge in [0.15, 0.2) is 0 Å². The Morgan fingerprint density at radius 1 is 1.19 bits per heavy atom.